The zero-order valence-electron chi connectivity index (χ0n) is 27.4. The number of amidine groups is 1. The van der Waals surface area contributed by atoms with E-state index in [1.807, 2.05) is 48.5 Å². The van der Waals surface area contributed by atoms with Gasteiger partial charge in [0, 0.05) is 35.6 Å². The van der Waals surface area contributed by atoms with Crippen LogP contribution in [0.4, 0.5) is 23.2 Å². The number of alkyl halides is 3. The molecule has 4 aromatic carbocycles. The summed E-state index contributed by atoms with van der Waals surface area (Å²) in [4.78, 5) is 10.5. The second kappa shape index (κ2) is 13.9. The molecule has 0 N–H and O–H groups in total. The Bertz CT molecular complexity index is 2030. The van der Waals surface area contributed by atoms with E-state index in [2.05, 4.69) is 4.98 Å². The van der Waals surface area contributed by atoms with E-state index in [9.17, 15) is 18.4 Å². The van der Waals surface area contributed by atoms with Gasteiger partial charge in [0.1, 0.15) is 23.4 Å². The van der Waals surface area contributed by atoms with Crippen LogP contribution in [-0.4, -0.2) is 37.5 Å². The quantitative estimate of drug-likeness (QED) is 0.152. The predicted molar refractivity (Wildman–Crippen MR) is 181 cm³/mol. The maximum absolute atomic E-state index is 15.9. The Morgan fingerprint density at radius 3 is 2.12 bits per heavy atom. The summed E-state index contributed by atoms with van der Waals surface area (Å²) < 4.78 is 77.0. The molecule has 2 heterocycles. The summed E-state index contributed by atoms with van der Waals surface area (Å²) in [5, 5.41) is 9.39. The van der Waals surface area contributed by atoms with Gasteiger partial charge in [-0.15, -0.1) is 0 Å². The molecule has 7 nitrogen and oxygen atoms in total. The highest BCUT2D eigenvalue weighted by molar-refractivity contribution is 5.94. The van der Waals surface area contributed by atoms with Gasteiger partial charge < -0.3 is 14.2 Å². The normalized spacial score (nSPS) is 17.9. The molecule has 1 aromatic heterocycles. The lowest BCUT2D eigenvalue weighted by molar-refractivity contribution is -0.208. The van der Waals surface area contributed by atoms with E-state index in [0.717, 1.165) is 5.56 Å². The van der Waals surface area contributed by atoms with Crippen molar-refractivity contribution in [2.24, 2.45) is 4.99 Å². The molecular formula is C39H32F4N4O3. The van der Waals surface area contributed by atoms with Crippen LogP contribution in [-0.2, 0) is 10.3 Å². The first-order chi connectivity index (χ1) is 24.0. The Kier molecular flexibility index (Phi) is 9.46. The molecule has 0 bridgehead atoms. The fraction of sp³-hybridized carbons (Fsp3) is 0.205. The van der Waals surface area contributed by atoms with E-state index in [1.165, 1.54) is 44.6 Å². The van der Waals surface area contributed by atoms with Crippen LogP contribution < -0.4 is 14.4 Å². The van der Waals surface area contributed by atoms with Crippen molar-refractivity contribution in [2.75, 3.05) is 19.1 Å². The summed E-state index contributed by atoms with van der Waals surface area (Å²) in [6.45, 7) is 1.47. The lowest BCUT2D eigenvalue weighted by atomic mass is 9.84. The summed E-state index contributed by atoms with van der Waals surface area (Å²) in [7, 11) is 3.06. The zero-order valence-corrected chi connectivity index (χ0v) is 27.4. The Balaban J connectivity index is 1.59. The molecule has 254 valence electrons. The minimum absolute atomic E-state index is 0.0669. The van der Waals surface area contributed by atoms with Crippen molar-refractivity contribution in [3.05, 3.63) is 144 Å². The molecule has 0 amide bonds. The van der Waals surface area contributed by atoms with Gasteiger partial charge in [-0.1, -0.05) is 48.5 Å². The van der Waals surface area contributed by atoms with Gasteiger partial charge in [-0.2, -0.15) is 18.4 Å². The Hall–Kier alpha value is -5.89. The first-order valence-electron chi connectivity index (χ1n) is 15.6. The van der Waals surface area contributed by atoms with E-state index in [-0.39, 0.29) is 17.1 Å². The molecule has 50 heavy (non-hydrogen) atoms. The molecule has 0 aliphatic carbocycles. The van der Waals surface area contributed by atoms with Crippen LogP contribution in [0.1, 0.15) is 41.6 Å². The van der Waals surface area contributed by atoms with Crippen molar-refractivity contribution in [2.45, 2.75) is 37.2 Å². The molecule has 11 heteroatoms. The Labute approximate surface area is 287 Å². The number of rotatable bonds is 8. The molecule has 3 atom stereocenters. The van der Waals surface area contributed by atoms with Crippen LogP contribution in [0.5, 0.6) is 11.5 Å². The summed E-state index contributed by atoms with van der Waals surface area (Å²) in [6.07, 6.45) is -4.96. The number of nitriles is 1. The van der Waals surface area contributed by atoms with E-state index in [1.54, 1.807) is 54.5 Å². The first-order valence-corrected chi connectivity index (χ1v) is 15.6. The molecule has 1 aliphatic heterocycles. The van der Waals surface area contributed by atoms with Crippen molar-refractivity contribution in [3.63, 3.8) is 0 Å². The van der Waals surface area contributed by atoms with Gasteiger partial charge in [-0.05, 0) is 78.2 Å². The topological polar surface area (TPSA) is 80.0 Å². The SMILES string of the molecule is COc1ccc(C(c2ccccc2)N(C2=N[C@](C)(c3cc(-c4cncc(C#N)c4)ccc3F)C[C@@H](C(F)(F)F)O2)c2ccc(OC)cc2)cc1. The van der Waals surface area contributed by atoms with Crippen LogP contribution >= 0.6 is 0 Å². The molecule has 0 radical (unpaired) electrons. The summed E-state index contributed by atoms with van der Waals surface area (Å²) >= 11 is 0. The number of halogens is 4. The Morgan fingerprint density at radius 2 is 1.50 bits per heavy atom. The van der Waals surface area contributed by atoms with E-state index in [4.69, 9.17) is 19.2 Å². The number of hydrogen-bond acceptors (Lipinski definition) is 7. The second-order valence-electron chi connectivity index (χ2n) is 11.9. The number of aliphatic imine (C=N–C) groups is 1. The molecule has 6 rings (SSSR count). The largest absolute Gasteiger partial charge is 0.497 e. The smallest absolute Gasteiger partial charge is 0.425 e. The van der Waals surface area contributed by atoms with Gasteiger partial charge in [-0.25, -0.2) is 9.38 Å². The van der Waals surface area contributed by atoms with Crippen molar-refractivity contribution in [3.8, 4) is 28.7 Å². The Morgan fingerprint density at radius 1 is 0.860 bits per heavy atom. The van der Waals surface area contributed by atoms with Gasteiger partial charge >= 0.3 is 6.18 Å². The highest BCUT2D eigenvalue weighted by Gasteiger charge is 2.52. The monoisotopic (exact) mass is 680 g/mol. The number of nitrogens with zero attached hydrogens (tertiary/aromatic N) is 4. The van der Waals surface area contributed by atoms with Crippen LogP contribution in [0, 0.1) is 17.1 Å². The predicted octanol–water partition coefficient (Wildman–Crippen LogP) is 9.00. The van der Waals surface area contributed by atoms with Crippen LogP contribution in [0.3, 0.4) is 0 Å². The summed E-state index contributed by atoms with van der Waals surface area (Å²) in [5.41, 5.74) is 1.31. The van der Waals surface area contributed by atoms with Gasteiger partial charge in [0.05, 0.1) is 31.4 Å². The fourth-order valence-corrected chi connectivity index (χ4v) is 6.08. The lowest BCUT2D eigenvalue weighted by Gasteiger charge is -2.42. The van der Waals surface area contributed by atoms with E-state index in [0.29, 0.717) is 33.9 Å². The number of anilines is 1. The summed E-state index contributed by atoms with van der Waals surface area (Å²) in [5.74, 6) is 0.392. The second-order valence-corrected chi connectivity index (χ2v) is 11.9. The van der Waals surface area contributed by atoms with Gasteiger partial charge in [0.25, 0.3) is 6.02 Å². The minimum Gasteiger partial charge on any atom is -0.497 e. The third kappa shape index (κ3) is 6.96. The highest BCUT2D eigenvalue weighted by atomic mass is 19.4. The maximum Gasteiger partial charge on any atom is 0.425 e. The number of benzene rings is 4. The molecule has 0 spiro atoms. The lowest BCUT2D eigenvalue weighted by Crippen LogP contribution is -2.50. The average molecular weight is 681 g/mol. The fourth-order valence-electron chi connectivity index (χ4n) is 6.08. The summed E-state index contributed by atoms with van der Waals surface area (Å²) in [6, 6.07) is 29.8. The third-order valence-corrected chi connectivity index (χ3v) is 8.65. The average Bonchev–Trinajstić information content (AvgIpc) is 3.14. The van der Waals surface area contributed by atoms with Crippen LogP contribution in [0.2, 0.25) is 0 Å². The zero-order chi connectivity index (χ0) is 35.5. The molecule has 1 unspecified atom stereocenters. The van der Waals surface area contributed by atoms with Gasteiger partial charge in [0.2, 0.25) is 0 Å². The standard InChI is InChI=1S/C39H32F4N4O3/c1-38(33-20-28(11-18-34(33)40)29-19-25(22-44)23-45-24-29)21-35(39(41,42)43)50-37(46-38)47(30-12-16-32(49-3)17-13-30)36(26-7-5-4-6-8-26)27-9-14-31(48-2)15-10-27/h4-20,23-24,35-36H,21H2,1-3H3/t35-,36?,38-/m0/s1. The molecule has 5 aromatic rings. The molecule has 1 aliphatic rings. The van der Waals surface area contributed by atoms with Gasteiger partial charge in [-0.3, -0.25) is 9.88 Å². The first kappa shape index (κ1) is 34.0. The maximum atomic E-state index is 15.9. The molecular weight excluding hydrogens is 648 g/mol. The molecule has 0 saturated heterocycles. The molecule has 0 fully saturated rings. The number of methoxy groups -OCH3 is 2. The number of hydrogen-bond donors (Lipinski definition) is 0. The van der Waals surface area contributed by atoms with Crippen molar-refractivity contribution in [1.29, 1.82) is 5.26 Å². The van der Waals surface area contributed by atoms with E-state index >= 15 is 4.39 Å². The van der Waals surface area contributed by atoms with Crippen molar-refractivity contribution >= 4 is 11.7 Å². The number of aromatic nitrogens is 1. The molecule has 0 saturated carbocycles. The number of ether oxygens (including phenoxy) is 3. The van der Waals surface area contributed by atoms with Crippen molar-refractivity contribution < 1.29 is 31.8 Å². The van der Waals surface area contributed by atoms with Crippen LogP contribution in [0.25, 0.3) is 11.1 Å². The van der Waals surface area contributed by atoms with Crippen molar-refractivity contribution in [1.82, 2.24) is 4.98 Å². The van der Waals surface area contributed by atoms with Crippen LogP contribution in [0.15, 0.2) is 121 Å². The van der Waals surface area contributed by atoms with Gasteiger partial charge in [0.15, 0.2) is 6.10 Å². The number of pyridine rings is 1. The third-order valence-electron chi connectivity index (χ3n) is 8.65. The highest BCUT2D eigenvalue weighted by Crippen LogP contribution is 2.45. The van der Waals surface area contributed by atoms with E-state index < -0.39 is 36.1 Å². The minimum atomic E-state index is -4.82.